The zero-order valence-electron chi connectivity index (χ0n) is 15.6. The first kappa shape index (κ1) is 18.9. The van der Waals surface area contributed by atoms with Gasteiger partial charge in [0.15, 0.2) is 0 Å². The quantitative estimate of drug-likeness (QED) is 0.693. The minimum Gasteiger partial charge on any atom is -0.480 e. The lowest BCUT2D eigenvalue weighted by Crippen LogP contribution is -2.55. The Labute approximate surface area is 158 Å². The number of benzene rings is 1. The van der Waals surface area contributed by atoms with Crippen molar-refractivity contribution in [3.63, 3.8) is 0 Å². The zero-order chi connectivity index (χ0) is 19.4. The van der Waals surface area contributed by atoms with E-state index in [0.717, 1.165) is 24.2 Å². The summed E-state index contributed by atoms with van der Waals surface area (Å²) in [5.74, 6) is -0.820. The van der Waals surface area contributed by atoms with Crippen LogP contribution < -0.4 is 10.6 Å². The Morgan fingerprint density at radius 2 is 1.96 bits per heavy atom. The highest BCUT2D eigenvalue weighted by atomic mass is 16.4. The zero-order valence-corrected chi connectivity index (χ0v) is 15.6. The van der Waals surface area contributed by atoms with Gasteiger partial charge in [0.25, 0.3) is 0 Å². The van der Waals surface area contributed by atoms with Crippen LogP contribution in [-0.2, 0) is 4.79 Å². The van der Waals surface area contributed by atoms with Crippen molar-refractivity contribution < 1.29 is 14.7 Å². The first-order valence-corrected chi connectivity index (χ1v) is 9.10. The second-order valence-electron chi connectivity index (χ2n) is 6.83. The fraction of sp³-hybridized carbons (Fsp3) is 0.421. The van der Waals surface area contributed by atoms with Crippen molar-refractivity contribution >= 4 is 17.7 Å². The fourth-order valence-electron chi connectivity index (χ4n) is 3.29. The molecule has 0 spiro atoms. The molecule has 0 atom stereocenters. The van der Waals surface area contributed by atoms with Crippen LogP contribution >= 0.6 is 0 Å². The number of rotatable bonds is 7. The van der Waals surface area contributed by atoms with E-state index in [9.17, 15) is 9.59 Å². The molecule has 3 rings (SSSR count). The summed E-state index contributed by atoms with van der Waals surface area (Å²) >= 11 is 0. The van der Waals surface area contributed by atoms with Crippen LogP contribution in [0.25, 0.3) is 5.69 Å². The molecule has 1 aromatic carbocycles. The number of nitrogens with zero attached hydrogens (tertiary/aromatic N) is 3. The molecule has 1 fully saturated rings. The molecule has 1 aromatic heterocycles. The van der Waals surface area contributed by atoms with E-state index in [2.05, 4.69) is 15.7 Å². The average Bonchev–Trinajstić information content (AvgIpc) is 3.03. The third-order valence-electron chi connectivity index (χ3n) is 4.82. The maximum Gasteiger partial charge on any atom is 0.319 e. The number of hydrogen-bond acceptors (Lipinski definition) is 4. The molecule has 8 heteroatoms. The van der Waals surface area contributed by atoms with Gasteiger partial charge in [0, 0.05) is 24.0 Å². The number of carbonyl (C=O) groups is 2. The van der Waals surface area contributed by atoms with Crippen molar-refractivity contribution in [1.82, 2.24) is 20.0 Å². The fourth-order valence-corrected chi connectivity index (χ4v) is 3.29. The number of carboxylic acid groups (broad SMARTS) is 1. The number of hydrogen-bond donors (Lipinski definition) is 3. The molecular weight excluding hydrogens is 346 g/mol. The summed E-state index contributed by atoms with van der Waals surface area (Å²) in [6, 6.07) is 9.43. The summed E-state index contributed by atoms with van der Waals surface area (Å²) in [5.41, 5.74) is 2.58. The van der Waals surface area contributed by atoms with E-state index in [4.69, 9.17) is 5.11 Å². The lowest BCUT2D eigenvalue weighted by molar-refractivity contribution is -0.139. The van der Waals surface area contributed by atoms with E-state index >= 15 is 0 Å². The van der Waals surface area contributed by atoms with E-state index in [1.54, 1.807) is 4.68 Å². The van der Waals surface area contributed by atoms with Gasteiger partial charge in [-0.1, -0.05) is 6.92 Å². The molecule has 0 radical (unpaired) electrons. The van der Waals surface area contributed by atoms with Crippen LogP contribution in [0.5, 0.6) is 0 Å². The second kappa shape index (κ2) is 8.22. The van der Waals surface area contributed by atoms with E-state index in [1.807, 2.05) is 55.3 Å². The first-order chi connectivity index (χ1) is 12.9. The Kier molecular flexibility index (Phi) is 5.75. The third-order valence-corrected chi connectivity index (χ3v) is 4.82. The number of nitrogens with one attached hydrogen (secondary N) is 2. The number of carboxylic acids is 1. The average molecular weight is 371 g/mol. The molecule has 3 N–H and O–H groups in total. The molecule has 2 aromatic rings. The highest BCUT2D eigenvalue weighted by Crippen LogP contribution is 2.25. The van der Waals surface area contributed by atoms with Crippen molar-refractivity contribution in [3.05, 3.63) is 42.2 Å². The SMILES string of the molecule is CCN(CC(=O)O)C1CC(NC(=O)Nc2ccc(-n3ccc(C)n3)cc2)C1. The summed E-state index contributed by atoms with van der Waals surface area (Å²) in [6.45, 7) is 4.62. The predicted octanol–water partition coefficient (Wildman–Crippen LogP) is 2.24. The smallest absolute Gasteiger partial charge is 0.319 e. The standard InChI is InChI=1S/C19H25N5O3/c1-3-23(12-18(25)26)17-10-15(11-17)21-19(27)20-14-4-6-16(7-5-14)24-9-8-13(2)22-24/h4-9,15,17H,3,10-12H2,1-2H3,(H,25,26)(H2,20,21,27). The molecule has 1 saturated carbocycles. The largest absolute Gasteiger partial charge is 0.480 e. The Balaban J connectivity index is 1.45. The van der Waals surface area contributed by atoms with Gasteiger partial charge >= 0.3 is 12.0 Å². The van der Waals surface area contributed by atoms with Crippen LogP contribution in [0.3, 0.4) is 0 Å². The van der Waals surface area contributed by atoms with Crippen molar-refractivity contribution in [2.45, 2.75) is 38.8 Å². The number of likely N-dealkylation sites (N-methyl/N-ethyl adjacent to an activating group) is 1. The van der Waals surface area contributed by atoms with Gasteiger partial charge in [-0.3, -0.25) is 9.69 Å². The Hall–Kier alpha value is -2.87. The van der Waals surface area contributed by atoms with Gasteiger partial charge < -0.3 is 15.7 Å². The lowest BCUT2D eigenvalue weighted by Gasteiger charge is -2.42. The molecule has 0 bridgehead atoms. The topological polar surface area (TPSA) is 99.5 Å². The molecule has 0 saturated heterocycles. The van der Waals surface area contributed by atoms with Crippen LogP contribution in [-0.4, -0.2) is 57.0 Å². The summed E-state index contributed by atoms with van der Waals surface area (Å²) < 4.78 is 1.78. The number of aryl methyl sites for hydroxylation is 1. The summed E-state index contributed by atoms with van der Waals surface area (Å²) in [6.07, 6.45) is 3.43. The van der Waals surface area contributed by atoms with Gasteiger partial charge in [-0.25, -0.2) is 9.48 Å². The summed E-state index contributed by atoms with van der Waals surface area (Å²) in [4.78, 5) is 24.9. The maximum absolute atomic E-state index is 12.2. The highest BCUT2D eigenvalue weighted by molar-refractivity contribution is 5.89. The Morgan fingerprint density at radius 1 is 1.26 bits per heavy atom. The number of aliphatic carboxylic acids is 1. The van der Waals surface area contributed by atoms with Gasteiger partial charge in [-0.05, 0) is 56.6 Å². The van der Waals surface area contributed by atoms with E-state index in [1.165, 1.54) is 0 Å². The molecule has 0 unspecified atom stereocenters. The lowest BCUT2D eigenvalue weighted by atomic mass is 9.85. The number of amides is 2. The van der Waals surface area contributed by atoms with Crippen LogP contribution in [0, 0.1) is 6.92 Å². The van der Waals surface area contributed by atoms with E-state index in [0.29, 0.717) is 12.2 Å². The molecule has 2 amide bonds. The minimum absolute atomic E-state index is 0.0439. The number of urea groups is 1. The monoisotopic (exact) mass is 371 g/mol. The third kappa shape index (κ3) is 4.85. The molecule has 1 aliphatic carbocycles. The van der Waals surface area contributed by atoms with Gasteiger partial charge in [0.2, 0.25) is 0 Å². The predicted molar refractivity (Wildman–Crippen MR) is 102 cm³/mol. The first-order valence-electron chi connectivity index (χ1n) is 9.10. The molecule has 27 heavy (non-hydrogen) atoms. The summed E-state index contributed by atoms with van der Waals surface area (Å²) in [7, 11) is 0. The molecule has 1 aliphatic rings. The molecule has 0 aliphatic heterocycles. The van der Waals surface area contributed by atoms with Crippen LogP contribution in [0.1, 0.15) is 25.5 Å². The number of aromatic nitrogens is 2. The number of carbonyl (C=O) groups excluding carboxylic acids is 1. The van der Waals surface area contributed by atoms with Gasteiger partial charge in [0.05, 0.1) is 17.9 Å². The van der Waals surface area contributed by atoms with Crippen LogP contribution in [0.2, 0.25) is 0 Å². The molecule has 8 nitrogen and oxygen atoms in total. The number of anilines is 1. The van der Waals surface area contributed by atoms with Crippen molar-refractivity contribution in [2.24, 2.45) is 0 Å². The molecular formula is C19H25N5O3. The van der Waals surface area contributed by atoms with Crippen molar-refractivity contribution in [1.29, 1.82) is 0 Å². The highest BCUT2D eigenvalue weighted by Gasteiger charge is 2.34. The van der Waals surface area contributed by atoms with Crippen molar-refractivity contribution in [2.75, 3.05) is 18.4 Å². The Morgan fingerprint density at radius 3 is 2.52 bits per heavy atom. The van der Waals surface area contributed by atoms with Gasteiger partial charge in [-0.15, -0.1) is 0 Å². The van der Waals surface area contributed by atoms with Crippen LogP contribution in [0.4, 0.5) is 10.5 Å². The van der Waals surface area contributed by atoms with E-state index < -0.39 is 5.97 Å². The minimum atomic E-state index is -0.820. The van der Waals surface area contributed by atoms with Crippen LogP contribution in [0.15, 0.2) is 36.5 Å². The maximum atomic E-state index is 12.2. The van der Waals surface area contributed by atoms with E-state index in [-0.39, 0.29) is 24.7 Å². The van der Waals surface area contributed by atoms with Gasteiger partial charge in [0.1, 0.15) is 0 Å². The Bertz CT molecular complexity index is 796. The summed E-state index contributed by atoms with van der Waals surface area (Å²) in [5, 5.41) is 19.0. The second-order valence-corrected chi connectivity index (χ2v) is 6.83. The molecule has 1 heterocycles. The normalized spacial score (nSPS) is 18.8. The molecule has 144 valence electrons. The van der Waals surface area contributed by atoms with Crippen molar-refractivity contribution in [3.8, 4) is 5.69 Å². The van der Waals surface area contributed by atoms with Gasteiger partial charge in [-0.2, -0.15) is 5.10 Å².